The third kappa shape index (κ3) is 5.14. The van der Waals surface area contributed by atoms with Crippen LogP contribution in [0.4, 0.5) is 13.2 Å². The van der Waals surface area contributed by atoms with Crippen LogP contribution in [-0.4, -0.2) is 22.4 Å². The van der Waals surface area contributed by atoms with Crippen LogP contribution in [-0.2, 0) is 12.7 Å². The van der Waals surface area contributed by atoms with E-state index in [2.05, 4.69) is 10.3 Å². The summed E-state index contributed by atoms with van der Waals surface area (Å²) in [6, 6.07) is 4.15. The van der Waals surface area contributed by atoms with E-state index in [1.807, 2.05) is 18.4 Å². The van der Waals surface area contributed by atoms with Gasteiger partial charge in [-0.2, -0.15) is 18.2 Å². The number of amides is 2. The maximum Gasteiger partial charge on any atom is 0.416 e. The Morgan fingerprint density at radius 1 is 1.31 bits per heavy atom. The van der Waals surface area contributed by atoms with E-state index in [0.717, 1.165) is 36.3 Å². The predicted octanol–water partition coefficient (Wildman–Crippen LogP) is 4.17. The molecule has 0 unspecified atom stereocenters. The van der Waals surface area contributed by atoms with Crippen molar-refractivity contribution in [2.24, 2.45) is 10.9 Å². The van der Waals surface area contributed by atoms with E-state index in [1.165, 1.54) is 12.1 Å². The van der Waals surface area contributed by atoms with E-state index in [0.29, 0.717) is 27.8 Å². The number of nitrogens with zero attached hydrogens (tertiary/aromatic N) is 2. The third-order valence-electron chi connectivity index (χ3n) is 4.56. The molecule has 5 nitrogen and oxygen atoms in total. The van der Waals surface area contributed by atoms with E-state index >= 15 is 0 Å². The van der Waals surface area contributed by atoms with Crippen LogP contribution in [0, 0.1) is 12.8 Å². The summed E-state index contributed by atoms with van der Waals surface area (Å²) in [5, 5.41) is 2.83. The van der Waals surface area contributed by atoms with Crippen LogP contribution < -0.4 is 10.1 Å². The van der Waals surface area contributed by atoms with Gasteiger partial charge in [0, 0.05) is 23.8 Å². The third-order valence-corrected chi connectivity index (χ3v) is 5.73. The quantitative estimate of drug-likeness (QED) is 0.782. The molecule has 1 saturated carbocycles. The van der Waals surface area contributed by atoms with Gasteiger partial charge in [-0.05, 0) is 57.7 Å². The summed E-state index contributed by atoms with van der Waals surface area (Å²) >= 11 is 1.08. The zero-order chi connectivity index (χ0) is 21.3. The molecule has 1 aromatic carbocycles. The second-order valence-corrected chi connectivity index (χ2v) is 8.45. The summed E-state index contributed by atoms with van der Waals surface area (Å²) in [5.41, 5.74) is -0.337. The molecular weight excluding hydrogens is 403 g/mol. The number of rotatable bonds is 5. The van der Waals surface area contributed by atoms with Gasteiger partial charge in [0.1, 0.15) is 4.88 Å². The van der Waals surface area contributed by atoms with Crippen LogP contribution in [0.15, 0.2) is 29.3 Å². The summed E-state index contributed by atoms with van der Waals surface area (Å²) in [6.45, 7) is 6.12. The van der Waals surface area contributed by atoms with Crippen molar-refractivity contribution in [2.75, 3.05) is 0 Å². The normalized spacial score (nSPS) is 15.1. The molecule has 1 aliphatic rings. The van der Waals surface area contributed by atoms with Crippen LogP contribution in [0.1, 0.15) is 58.0 Å². The lowest BCUT2D eigenvalue weighted by Crippen LogP contribution is -2.30. The Morgan fingerprint density at radius 3 is 2.59 bits per heavy atom. The maximum atomic E-state index is 12.9. The zero-order valence-electron chi connectivity index (χ0n) is 16.3. The van der Waals surface area contributed by atoms with Crippen LogP contribution in [0.5, 0.6) is 0 Å². The summed E-state index contributed by atoms with van der Waals surface area (Å²) in [5.74, 6) is -0.551. The molecule has 1 fully saturated rings. The van der Waals surface area contributed by atoms with Gasteiger partial charge in [-0.15, -0.1) is 0 Å². The van der Waals surface area contributed by atoms with Gasteiger partial charge in [0.15, 0.2) is 4.80 Å². The molecule has 0 atom stereocenters. The molecule has 9 heteroatoms. The second kappa shape index (κ2) is 8.14. The number of halogens is 3. The van der Waals surface area contributed by atoms with E-state index in [-0.39, 0.29) is 17.5 Å². The van der Waals surface area contributed by atoms with Gasteiger partial charge in [0.05, 0.1) is 5.56 Å². The fraction of sp³-hybridized carbons (Fsp3) is 0.450. The Morgan fingerprint density at radius 2 is 2.00 bits per heavy atom. The molecule has 0 spiro atoms. The van der Waals surface area contributed by atoms with Crippen molar-refractivity contribution in [2.45, 2.75) is 52.4 Å². The first-order chi connectivity index (χ1) is 13.6. The number of benzene rings is 1. The van der Waals surface area contributed by atoms with Crippen LogP contribution >= 0.6 is 11.3 Å². The van der Waals surface area contributed by atoms with Crippen LogP contribution in [0.2, 0.25) is 0 Å². The number of nitrogens with one attached hydrogen (secondary N) is 1. The smallest absolute Gasteiger partial charge is 0.349 e. The van der Waals surface area contributed by atoms with Gasteiger partial charge in [0.25, 0.3) is 11.8 Å². The molecule has 156 valence electrons. The van der Waals surface area contributed by atoms with Gasteiger partial charge < -0.3 is 9.88 Å². The molecule has 2 amide bonds. The molecule has 29 heavy (non-hydrogen) atoms. The van der Waals surface area contributed by atoms with Crippen molar-refractivity contribution < 1.29 is 22.8 Å². The summed E-state index contributed by atoms with van der Waals surface area (Å²) < 4.78 is 40.6. The van der Waals surface area contributed by atoms with Gasteiger partial charge in [0.2, 0.25) is 0 Å². The average molecular weight is 425 g/mol. The first-order valence-electron chi connectivity index (χ1n) is 9.33. The highest BCUT2D eigenvalue weighted by Gasteiger charge is 2.31. The van der Waals surface area contributed by atoms with Gasteiger partial charge in [-0.1, -0.05) is 17.4 Å². The maximum absolute atomic E-state index is 12.9. The van der Waals surface area contributed by atoms with E-state index in [1.54, 1.807) is 6.92 Å². The predicted molar refractivity (Wildman–Crippen MR) is 104 cm³/mol. The summed E-state index contributed by atoms with van der Waals surface area (Å²) in [7, 11) is 0. The monoisotopic (exact) mass is 425 g/mol. The number of aromatic nitrogens is 1. The van der Waals surface area contributed by atoms with Crippen molar-refractivity contribution >= 4 is 23.2 Å². The Bertz CT molecular complexity index is 1000. The molecule has 0 saturated heterocycles. The van der Waals surface area contributed by atoms with Gasteiger partial charge >= 0.3 is 6.18 Å². The molecule has 1 heterocycles. The van der Waals surface area contributed by atoms with Crippen molar-refractivity contribution in [1.29, 1.82) is 0 Å². The van der Waals surface area contributed by atoms with E-state index < -0.39 is 17.6 Å². The Hall–Kier alpha value is -2.42. The van der Waals surface area contributed by atoms with Gasteiger partial charge in [-0.3, -0.25) is 9.59 Å². The molecule has 3 rings (SSSR count). The fourth-order valence-electron chi connectivity index (χ4n) is 2.86. The van der Waals surface area contributed by atoms with Crippen molar-refractivity contribution in [1.82, 2.24) is 9.88 Å². The summed E-state index contributed by atoms with van der Waals surface area (Å²) in [4.78, 5) is 29.9. The fourth-order valence-corrected chi connectivity index (χ4v) is 3.90. The minimum absolute atomic E-state index is 0.0481. The summed E-state index contributed by atoms with van der Waals surface area (Å²) in [6.07, 6.45) is -2.41. The van der Waals surface area contributed by atoms with Crippen LogP contribution in [0.25, 0.3) is 0 Å². The minimum Gasteiger partial charge on any atom is -0.349 e. The largest absolute Gasteiger partial charge is 0.416 e. The highest BCUT2D eigenvalue weighted by molar-refractivity contribution is 7.11. The van der Waals surface area contributed by atoms with Crippen molar-refractivity contribution in [3.63, 3.8) is 0 Å². The number of carbonyl (C=O) groups is 2. The number of carbonyl (C=O) groups excluding carboxylic acids is 2. The molecule has 2 aromatic rings. The molecule has 0 bridgehead atoms. The Kier molecular flexibility index (Phi) is 5.97. The molecule has 1 aromatic heterocycles. The lowest BCUT2D eigenvalue weighted by atomic mass is 10.1. The lowest BCUT2D eigenvalue weighted by Gasteiger charge is -2.08. The highest BCUT2D eigenvalue weighted by atomic mass is 32.1. The topological polar surface area (TPSA) is 63.5 Å². The Labute approximate surface area is 170 Å². The van der Waals surface area contributed by atoms with Crippen molar-refractivity contribution in [3.8, 4) is 0 Å². The van der Waals surface area contributed by atoms with Crippen molar-refractivity contribution in [3.05, 3.63) is 50.8 Å². The van der Waals surface area contributed by atoms with Gasteiger partial charge in [-0.25, -0.2) is 0 Å². The lowest BCUT2D eigenvalue weighted by molar-refractivity contribution is -0.137. The molecular formula is C20H22F3N3O2S. The minimum atomic E-state index is -4.54. The average Bonchev–Trinajstić information content (AvgIpc) is 3.40. The SMILES string of the molecule is Cc1c(C(=O)NC(C)C)sc(=NC(=O)c2cccc(C(F)(F)F)c2)n1CC1CC1. The van der Waals surface area contributed by atoms with Crippen LogP contribution in [0.3, 0.4) is 0 Å². The molecule has 1 N–H and O–H groups in total. The number of alkyl halides is 3. The first-order valence-corrected chi connectivity index (χ1v) is 10.2. The molecule has 0 aliphatic heterocycles. The van der Waals surface area contributed by atoms with E-state index in [9.17, 15) is 22.8 Å². The second-order valence-electron chi connectivity index (χ2n) is 7.48. The number of hydrogen-bond donors (Lipinski definition) is 1. The molecule has 1 aliphatic carbocycles. The number of thiazole rings is 1. The highest BCUT2D eigenvalue weighted by Crippen LogP contribution is 2.31. The first kappa shape index (κ1) is 21.3. The molecule has 0 radical (unpaired) electrons. The van der Waals surface area contributed by atoms with E-state index in [4.69, 9.17) is 0 Å². The number of hydrogen-bond acceptors (Lipinski definition) is 3. The zero-order valence-corrected chi connectivity index (χ0v) is 17.2. The standard InChI is InChI=1S/C20H22F3N3O2S/c1-11(2)24-18(28)16-12(3)26(10-13-7-8-13)19(29-16)25-17(27)14-5-4-6-15(9-14)20(21,22)23/h4-6,9,11,13H,7-8,10H2,1-3H3,(H,24,28). The Balaban J connectivity index is 2.01.